The van der Waals surface area contributed by atoms with Gasteiger partial charge in [0.05, 0.1) is 10.8 Å². The molecule has 2 rings (SSSR count). The van der Waals surface area contributed by atoms with Crippen molar-refractivity contribution in [3.05, 3.63) is 52.1 Å². The number of ketones is 1. The van der Waals surface area contributed by atoms with Crippen molar-refractivity contribution < 1.29 is 9.59 Å². The van der Waals surface area contributed by atoms with Crippen molar-refractivity contribution in [3.63, 3.8) is 0 Å². The number of hydrogen-bond donors (Lipinski definition) is 2. The zero-order chi connectivity index (χ0) is 16.1. The molecular weight excluding hydrogens is 302 g/mol. The standard InChI is InChI=1S/C15H15N3O3S/c1-9-7-16-15(21)18-14(9)22-8-13(20)17-12-5-3-11(4-6-12)10(2)19/h3-7H,8H2,1-2H3,(H,17,20)(H,16,18,21). The summed E-state index contributed by atoms with van der Waals surface area (Å²) in [6.07, 6.45) is 1.47. The fourth-order valence-electron chi connectivity index (χ4n) is 1.72. The first-order chi connectivity index (χ1) is 10.5. The van der Waals surface area contributed by atoms with Crippen LogP contribution in [-0.2, 0) is 4.79 Å². The molecule has 0 aliphatic rings. The van der Waals surface area contributed by atoms with Crippen LogP contribution in [0.1, 0.15) is 22.8 Å². The van der Waals surface area contributed by atoms with Gasteiger partial charge in [-0.3, -0.25) is 9.59 Å². The summed E-state index contributed by atoms with van der Waals surface area (Å²) in [4.78, 5) is 40.4. The van der Waals surface area contributed by atoms with E-state index in [1.807, 2.05) is 6.92 Å². The number of hydrogen-bond acceptors (Lipinski definition) is 5. The van der Waals surface area contributed by atoms with Crippen LogP contribution in [0.3, 0.4) is 0 Å². The number of aromatic nitrogens is 2. The Morgan fingerprint density at radius 3 is 2.59 bits per heavy atom. The largest absolute Gasteiger partial charge is 0.345 e. The van der Waals surface area contributed by atoms with Gasteiger partial charge in [-0.2, -0.15) is 0 Å². The van der Waals surface area contributed by atoms with Gasteiger partial charge in [-0.05, 0) is 43.7 Å². The molecule has 2 N–H and O–H groups in total. The number of anilines is 1. The molecule has 2 aromatic rings. The lowest BCUT2D eigenvalue weighted by atomic mass is 10.1. The fourth-order valence-corrected chi connectivity index (χ4v) is 2.50. The van der Waals surface area contributed by atoms with E-state index in [4.69, 9.17) is 0 Å². The Labute approximate surface area is 131 Å². The lowest BCUT2D eigenvalue weighted by Crippen LogP contribution is -2.16. The van der Waals surface area contributed by atoms with Gasteiger partial charge in [-0.25, -0.2) is 9.78 Å². The number of aryl methyl sites for hydroxylation is 1. The Balaban J connectivity index is 1.94. The van der Waals surface area contributed by atoms with Crippen LogP contribution in [0.15, 0.2) is 40.3 Å². The molecule has 0 aliphatic carbocycles. The van der Waals surface area contributed by atoms with Gasteiger partial charge in [0.2, 0.25) is 5.91 Å². The van der Waals surface area contributed by atoms with E-state index >= 15 is 0 Å². The molecule has 0 aliphatic heterocycles. The Kier molecular flexibility index (Phi) is 5.11. The molecule has 0 unspecified atom stereocenters. The summed E-state index contributed by atoms with van der Waals surface area (Å²) in [6.45, 7) is 3.30. The quantitative estimate of drug-likeness (QED) is 0.500. The smallest absolute Gasteiger partial charge is 0.325 e. The van der Waals surface area contributed by atoms with E-state index < -0.39 is 5.69 Å². The molecule has 1 heterocycles. The molecule has 0 fully saturated rings. The number of Topliss-reactive ketones (excluding diaryl/α,β-unsaturated/α-hetero) is 1. The van der Waals surface area contributed by atoms with Crippen molar-refractivity contribution >= 4 is 29.1 Å². The number of nitrogens with zero attached hydrogens (tertiary/aromatic N) is 1. The summed E-state index contributed by atoms with van der Waals surface area (Å²) in [5.41, 5.74) is 1.59. The van der Waals surface area contributed by atoms with E-state index in [0.29, 0.717) is 16.3 Å². The van der Waals surface area contributed by atoms with Gasteiger partial charge in [0.25, 0.3) is 0 Å². The highest BCUT2D eigenvalue weighted by molar-refractivity contribution is 8.00. The van der Waals surface area contributed by atoms with E-state index in [-0.39, 0.29) is 17.4 Å². The van der Waals surface area contributed by atoms with E-state index in [1.165, 1.54) is 24.9 Å². The fraction of sp³-hybridized carbons (Fsp3) is 0.200. The first-order valence-electron chi connectivity index (χ1n) is 6.55. The molecule has 1 aromatic heterocycles. The first-order valence-corrected chi connectivity index (χ1v) is 7.54. The number of nitrogens with one attached hydrogen (secondary N) is 2. The maximum Gasteiger partial charge on any atom is 0.345 e. The number of amides is 1. The highest BCUT2D eigenvalue weighted by Crippen LogP contribution is 2.18. The number of thioether (sulfide) groups is 1. The van der Waals surface area contributed by atoms with Crippen LogP contribution < -0.4 is 11.0 Å². The Hall–Kier alpha value is -2.41. The minimum absolute atomic E-state index is 0.0226. The maximum absolute atomic E-state index is 11.9. The average Bonchev–Trinajstić information content (AvgIpc) is 2.49. The number of carbonyl (C=O) groups excluding carboxylic acids is 2. The summed E-state index contributed by atoms with van der Waals surface area (Å²) >= 11 is 1.23. The van der Waals surface area contributed by atoms with Gasteiger partial charge < -0.3 is 10.3 Å². The van der Waals surface area contributed by atoms with Crippen LogP contribution in [-0.4, -0.2) is 27.4 Å². The maximum atomic E-state index is 11.9. The van der Waals surface area contributed by atoms with Crippen molar-refractivity contribution in [2.45, 2.75) is 18.9 Å². The van der Waals surface area contributed by atoms with Gasteiger partial charge in [0, 0.05) is 17.4 Å². The molecule has 0 bridgehead atoms. The molecular formula is C15H15N3O3S. The molecule has 1 aromatic carbocycles. The summed E-state index contributed by atoms with van der Waals surface area (Å²) in [7, 11) is 0. The highest BCUT2D eigenvalue weighted by atomic mass is 32.2. The summed E-state index contributed by atoms with van der Waals surface area (Å²) < 4.78 is 0. The molecule has 22 heavy (non-hydrogen) atoms. The van der Waals surface area contributed by atoms with Gasteiger partial charge in [0.1, 0.15) is 0 Å². The van der Waals surface area contributed by atoms with Crippen molar-refractivity contribution in [1.29, 1.82) is 0 Å². The van der Waals surface area contributed by atoms with E-state index in [1.54, 1.807) is 24.3 Å². The second kappa shape index (κ2) is 7.04. The average molecular weight is 317 g/mol. The van der Waals surface area contributed by atoms with E-state index in [0.717, 1.165) is 5.56 Å². The third kappa shape index (κ3) is 4.29. The summed E-state index contributed by atoms with van der Waals surface area (Å²) in [5, 5.41) is 3.36. The van der Waals surface area contributed by atoms with Crippen molar-refractivity contribution in [2.24, 2.45) is 0 Å². The van der Waals surface area contributed by atoms with E-state index in [9.17, 15) is 14.4 Å². The molecule has 6 nitrogen and oxygen atoms in total. The van der Waals surface area contributed by atoms with Crippen molar-refractivity contribution in [3.8, 4) is 0 Å². The molecule has 0 radical (unpaired) electrons. The molecule has 0 atom stereocenters. The van der Waals surface area contributed by atoms with Gasteiger partial charge in [0.15, 0.2) is 5.78 Å². The normalized spacial score (nSPS) is 10.3. The van der Waals surface area contributed by atoms with E-state index in [2.05, 4.69) is 15.3 Å². The molecule has 0 saturated heterocycles. The van der Waals surface area contributed by atoms with Crippen LogP contribution in [0.2, 0.25) is 0 Å². The Bertz CT molecular complexity index is 753. The van der Waals surface area contributed by atoms with Crippen LogP contribution in [0.25, 0.3) is 0 Å². The highest BCUT2D eigenvalue weighted by Gasteiger charge is 2.07. The van der Waals surface area contributed by atoms with Gasteiger partial charge in [-0.1, -0.05) is 11.8 Å². The number of rotatable bonds is 5. The summed E-state index contributed by atoms with van der Waals surface area (Å²) in [6, 6.07) is 6.68. The zero-order valence-corrected chi connectivity index (χ0v) is 13.0. The minimum Gasteiger partial charge on any atom is -0.325 e. The SMILES string of the molecule is CC(=O)c1ccc(NC(=O)CSc2[nH]c(=O)ncc2C)cc1. The number of aromatic amines is 1. The lowest BCUT2D eigenvalue weighted by Gasteiger charge is -2.06. The van der Waals surface area contributed by atoms with Crippen molar-refractivity contribution in [1.82, 2.24) is 9.97 Å². The summed E-state index contributed by atoms with van der Waals surface area (Å²) in [5.74, 6) is -0.0573. The van der Waals surface area contributed by atoms with Crippen LogP contribution in [0, 0.1) is 6.92 Å². The van der Waals surface area contributed by atoms with Crippen LogP contribution in [0.5, 0.6) is 0 Å². The number of carbonyl (C=O) groups is 2. The van der Waals surface area contributed by atoms with Crippen molar-refractivity contribution in [2.75, 3.05) is 11.1 Å². The third-order valence-corrected chi connectivity index (χ3v) is 4.00. The minimum atomic E-state index is -0.437. The third-order valence-electron chi connectivity index (χ3n) is 2.88. The number of benzene rings is 1. The van der Waals surface area contributed by atoms with Gasteiger partial charge >= 0.3 is 5.69 Å². The Morgan fingerprint density at radius 1 is 1.27 bits per heavy atom. The Morgan fingerprint density at radius 2 is 1.95 bits per heavy atom. The van der Waals surface area contributed by atoms with Crippen LogP contribution >= 0.6 is 11.8 Å². The first kappa shape index (κ1) is 16.0. The predicted molar refractivity (Wildman–Crippen MR) is 85.4 cm³/mol. The molecule has 114 valence electrons. The second-order valence-electron chi connectivity index (χ2n) is 4.67. The number of H-pyrrole nitrogens is 1. The topological polar surface area (TPSA) is 91.9 Å². The van der Waals surface area contributed by atoms with Gasteiger partial charge in [-0.15, -0.1) is 0 Å². The second-order valence-corrected chi connectivity index (χ2v) is 5.66. The molecule has 0 saturated carbocycles. The molecule has 0 spiro atoms. The van der Waals surface area contributed by atoms with Crippen LogP contribution in [0.4, 0.5) is 5.69 Å². The monoisotopic (exact) mass is 317 g/mol. The lowest BCUT2D eigenvalue weighted by molar-refractivity contribution is -0.113. The molecule has 7 heteroatoms. The zero-order valence-electron chi connectivity index (χ0n) is 12.2. The predicted octanol–water partition coefficient (Wildman–Crippen LogP) is 2.01. The molecule has 1 amide bonds.